The molecule has 0 radical (unpaired) electrons. The lowest BCUT2D eigenvalue weighted by Gasteiger charge is -2.18. The summed E-state index contributed by atoms with van der Waals surface area (Å²) in [7, 11) is 0. The number of nitrogens with one attached hydrogen (secondary N) is 1. The summed E-state index contributed by atoms with van der Waals surface area (Å²) >= 11 is 6.00. The summed E-state index contributed by atoms with van der Waals surface area (Å²) < 4.78 is 5.19. The van der Waals surface area contributed by atoms with Crippen molar-refractivity contribution in [2.75, 3.05) is 13.2 Å². The fourth-order valence-electron chi connectivity index (χ4n) is 1.87. The second kappa shape index (κ2) is 3.70. The Morgan fingerprint density at radius 2 is 2.29 bits per heavy atom. The van der Waals surface area contributed by atoms with Crippen LogP contribution in [0.5, 0.6) is 0 Å². The summed E-state index contributed by atoms with van der Waals surface area (Å²) in [4.78, 5) is 11.8. The van der Waals surface area contributed by atoms with Gasteiger partial charge < -0.3 is 10.1 Å². The molecular weight excluding hydrogens is 202 g/mol. The Morgan fingerprint density at radius 1 is 1.57 bits per heavy atom. The average molecular weight is 218 g/mol. The van der Waals surface area contributed by atoms with E-state index in [4.69, 9.17) is 16.3 Å². The number of ether oxygens (including phenoxy) is 1. The quantitative estimate of drug-likeness (QED) is 0.724. The van der Waals surface area contributed by atoms with Gasteiger partial charge in [-0.15, -0.1) is 11.6 Å². The van der Waals surface area contributed by atoms with E-state index in [0.717, 1.165) is 19.3 Å². The van der Waals surface area contributed by atoms with Gasteiger partial charge in [0.1, 0.15) is 0 Å². The first-order chi connectivity index (χ1) is 6.68. The number of rotatable bonds is 3. The Bertz CT molecular complexity index is 240. The summed E-state index contributed by atoms with van der Waals surface area (Å²) in [6.07, 6.45) is 2.98. The number of amides is 1. The summed E-state index contributed by atoms with van der Waals surface area (Å²) in [5.74, 6) is 0.168. The normalized spacial score (nSPS) is 34.1. The lowest BCUT2D eigenvalue weighted by atomic mass is 10.0. The molecule has 0 spiro atoms. The van der Waals surface area contributed by atoms with Crippen molar-refractivity contribution in [3.8, 4) is 0 Å². The second-order valence-corrected chi connectivity index (χ2v) is 4.83. The monoisotopic (exact) mass is 217 g/mol. The van der Waals surface area contributed by atoms with Gasteiger partial charge in [0.25, 0.3) is 0 Å². The minimum Gasteiger partial charge on any atom is -0.378 e. The summed E-state index contributed by atoms with van der Waals surface area (Å²) in [5.41, 5.74) is -0.0702. The van der Waals surface area contributed by atoms with Crippen LogP contribution in [0.1, 0.15) is 26.2 Å². The average Bonchev–Trinajstić information content (AvgIpc) is 2.89. The predicted octanol–water partition coefficient (Wildman–Crippen LogP) is 1.30. The van der Waals surface area contributed by atoms with E-state index in [0.29, 0.717) is 13.2 Å². The van der Waals surface area contributed by atoms with Gasteiger partial charge in [0.2, 0.25) is 5.91 Å². The van der Waals surface area contributed by atoms with Crippen LogP contribution in [0, 0.1) is 5.41 Å². The maximum absolute atomic E-state index is 11.8. The van der Waals surface area contributed by atoms with Gasteiger partial charge in [-0.2, -0.15) is 0 Å². The molecule has 1 aliphatic heterocycles. The number of carbonyl (C=O) groups excluding carboxylic acids is 1. The van der Waals surface area contributed by atoms with E-state index < -0.39 is 0 Å². The first kappa shape index (κ1) is 10.2. The third kappa shape index (κ3) is 1.75. The highest BCUT2D eigenvalue weighted by Gasteiger charge is 2.48. The maximum atomic E-state index is 11.8. The van der Waals surface area contributed by atoms with Gasteiger partial charge in [-0.3, -0.25) is 4.79 Å². The highest BCUT2D eigenvalue weighted by molar-refractivity contribution is 6.21. The van der Waals surface area contributed by atoms with Crippen molar-refractivity contribution in [2.24, 2.45) is 5.41 Å². The van der Waals surface area contributed by atoms with Gasteiger partial charge in [0.15, 0.2) is 0 Å². The van der Waals surface area contributed by atoms with Crippen LogP contribution < -0.4 is 5.32 Å². The molecule has 1 saturated heterocycles. The topological polar surface area (TPSA) is 38.3 Å². The van der Waals surface area contributed by atoms with Crippen LogP contribution in [0.3, 0.4) is 0 Å². The molecule has 1 aliphatic carbocycles. The van der Waals surface area contributed by atoms with Gasteiger partial charge in [-0.1, -0.05) is 6.92 Å². The number of hydrogen-bond donors (Lipinski definition) is 1. The van der Waals surface area contributed by atoms with Crippen LogP contribution in [0.4, 0.5) is 0 Å². The molecule has 1 heterocycles. The zero-order valence-corrected chi connectivity index (χ0v) is 9.14. The number of carbonyl (C=O) groups is 1. The van der Waals surface area contributed by atoms with Crippen molar-refractivity contribution in [1.29, 1.82) is 0 Å². The zero-order valence-electron chi connectivity index (χ0n) is 8.38. The van der Waals surface area contributed by atoms with Crippen LogP contribution in [0.25, 0.3) is 0 Å². The van der Waals surface area contributed by atoms with Crippen molar-refractivity contribution in [3.05, 3.63) is 0 Å². The number of alkyl halides is 1. The van der Waals surface area contributed by atoms with E-state index in [1.54, 1.807) is 0 Å². The largest absolute Gasteiger partial charge is 0.378 e. The molecule has 0 bridgehead atoms. The SMILES string of the molecule is CCC1(C(=O)NC2COCC2Cl)CC1. The van der Waals surface area contributed by atoms with E-state index >= 15 is 0 Å². The Kier molecular flexibility index (Phi) is 2.71. The first-order valence-corrected chi connectivity index (χ1v) is 5.64. The van der Waals surface area contributed by atoms with Crippen LogP contribution in [-0.4, -0.2) is 30.5 Å². The molecule has 2 unspecified atom stereocenters. The maximum Gasteiger partial charge on any atom is 0.226 e. The second-order valence-electron chi connectivity index (χ2n) is 4.27. The molecule has 2 rings (SSSR count). The lowest BCUT2D eigenvalue weighted by molar-refractivity contribution is -0.127. The van der Waals surface area contributed by atoms with Crippen molar-refractivity contribution in [2.45, 2.75) is 37.6 Å². The minimum absolute atomic E-state index is 0.00758. The van der Waals surface area contributed by atoms with E-state index in [2.05, 4.69) is 12.2 Å². The van der Waals surface area contributed by atoms with Gasteiger partial charge >= 0.3 is 0 Å². The van der Waals surface area contributed by atoms with E-state index in [9.17, 15) is 4.79 Å². The number of halogens is 1. The zero-order chi connectivity index (χ0) is 10.2. The molecule has 1 saturated carbocycles. The van der Waals surface area contributed by atoms with Crippen LogP contribution in [0.15, 0.2) is 0 Å². The highest BCUT2D eigenvalue weighted by atomic mass is 35.5. The Balaban J connectivity index is 1.88. The van der Waals surface area contributed by atoms with Crippen LogP contribution in [-0.2, 0) is 9.53 Å². The molecule has 0 aromatic rings. The van der Waals surface area contributed by atoms with E-state index in [1.165, 1.54) is 0 Å². The molecule has 0 aromatic carbocycles. The smallest absolute Gasteiger partial charge is 0.226 e. The Labute approximate surface area is 89.1 Å². The van der Waals surface area contributed by atoms with Gasteiger partial charge in [0.05, 0.1) is 24.6 Å². The predicted molar refractivity (Wildman–Crippen MR) is 54.3 cm³/mol. The summed E-state index contributed by atoms with van der Waals surface area (Å²) in [6, 6.07) is 0.00758. The van der Waals surface area contributed by atoms with E-state index in [1.807, 2.05) is 0 Å². The molecular formula is C10H16ClNO2. The highest BCUT2D eigenvalue weighted by Crippen LogP contribution is 2.48. The lowest BCUT2D eigenvalue weighted by Crippen LogP contribution is -2.44. The molecule has 1 amide bonds. The van der Waals surface area contributed by atoms with Crippen molar-refractivity contribution in [1.82, 2.24) is 5.32 Å². The van der Waals surface area contributed by atoms with Crippen molar-refractivity contribution in [3.63, 3.8) is 0 Å². The fraction of sp³-hybridized carbons (Fsp3) is 0.900. The third-order valence-electron chi connectivity index (χ3n) is 3.34. The number of hydrogen-bond acceptors (Lipinski definition) is 2. The third-order valence-corrected chi connectivity index (χ3v) is 3.77. The standard InChI is InChI=1S/C10H16ClNO2/c1-2-10(3-4-10)9(13)12-8-6-14-5-7(8)11/h7-8H,2-6H2,1H3,(H,12,13). The van der Waals surface area contributed by atoms with Crippen molar-refractivity contribution >= 4 is 17.5 Å². The molecule has 14 heavy (non-hydrogen) atoms. The summed E-state index contributed by atoms with van der Waals surface area (Å²) in [6.45, 7) is 3.17. The summed E-state index contributed by atoms with van der Waals surface area (Å²) in [5, 5.41) is 2.92. The van der Waals surface area contributed by atoms with Gasteiger partial charge in [-0.05, 0) is 19.3 Å². The Morgan fingerprint density at radius 3 is 2.71 bits per heavy atom. The molecule has 2 aliphatic rings. The minimum atomic E-state index is -0.0702. The molecule has 80 valence electrons. The van der Waals surface area contributed by atoms with Crippen LogP contribution in [0.2, 0.25) is 0 Å². The molecule has 3 nitrogen and oxygen atoms in total. The van der Waals surface area contributed by atoms with Crippen molar-refractivity contribution < 1.29 is 9.53 Å². The van der Waals surface area contributed by atoms with Gasteiger partial charge in [0, 0.05) is 5.41 Å². The van der Waals surface area contributed by atoms with Crippen LogP contribution >= 0.6 is 11.6 Å². The Hall–Kier alpha value is -0.280. The fourth-order valence-corrected chi connectivity index (χ4v) is 2.10. The molecule has 2 fully saturated rings. The molecule has 0 aromatic heterocycles. The molecule has 2 atom stereocenters. The van der Waals surface area contributed by atoms with E-state index in [-0.39, 0.29) is 22.7 Å². The molecule has 1 N–H and O–H groups in total. The first-order valence-electron chi connectivity index (χ1n) is 5.21. The molecule has 4 heteroatoms. The van der Waals surface area contributed by atoms with Gasteiger partial charge in [-0.25, -0.2) is 0 Å².